The SMILES string of the molecule is O=C(O)C1(CNC2CCCC2)CCOCC1. The van der Waals surface area contributed by atoms with Crippen LogP contribution >= 0.6 is 0 Å². The summed E-state index contributed by atoms with van der Waals surface area (Å²) in [6, 6.07) is 0.541. The molecule has 4 heteroatoms. The van der Waals surface area contributed by atoms with E-state index in [0.29, 0.717) is 38.6 Å². The summed E-state index contributed by atoms with van der Waals surface area (Å²) in [5.74, 6) is -0.665. The average molecular weight is 227 g/mol. The molecule has 4 nitrogen and oxygen atoms in total. The maximum absolute atomic E-state index is 11.4. The molecular weight excluding hydrogens is 206 g/mol. The molecule has 1 heterocycles. The van der Waals surface area contributed by atoms with Gasteiger partial charge in [-0.2, -0.15) is 0 Å². The standard InChI is InChI=1S/C12H21NO3/c14-11(15)12(5-7-16-8-6-12)9-13-10-3-1-2-4-10/h10,13H,1-9H2,(H,14,15). The molecular formula is C12H21NO3. The van der Waals surface area contributed by atoms with Crippen LogP contribution in [0, 0.1) is 5.41 Å². The second kappa shape index (κ2) is 5.15. The highest BCUT2D eigenvalue weighted by atomic mass is 16.5. The molecule has 0 aromatic heterocycles. The summed E-state index contributed by atoms with van der Waals surface area (Å²) in [7, 11) is 0. The number of carboxylic acid groups (broad SMARTS) is 1. The fourth-order valence-corrected chi connectivity index (χ4v) is 2.70. The van der Waals surface area contributed by atoms with Gasteiger partial charge in [-0.25, -0.2) is 0 Å². The van der Waals surface area contributed by atoms with Crippen molar-refractivity contribution in [1.82, 2.24) is 5.32 Å². The number of hydrogen-bond acceptors (Lipinski definition) is 3. The maximum Gasteiger partial charge on any atom is 0.311 e. The molecule has 1 saturated heterocycles. The van der Waals surface area contributed by atoms with Crippen molar-refractivity contribution in [2.24, 2.45) is 5.41 Å². The third-order valence-electron chi connectivity index (χ3n) is 3.99. The van der Waals surface area contributed by atoms with E-state index < -0.39 is 11.4 Å². The zero-order valence-corrected chi connectivity index (χ0v) is 9.71. The number of nitrogens with one attached hydrogen (secondary N) is 1. The summed E-state index contributed by atoms with van der Waals surface area (Å²) in [6.45, 7) is 1.77. The van der Waals surface area contributed by atoms with E-state index in [1.165, 1.54) is 25.7 Å². The lowest BCUT2D eigenvalue weighted by molar-refractivity contribution is -0.154. The molecule has 0 amide bonds. The van der Waals surface area contributed by atoms with Crippen molar-refractivity contribution in [1.29, 1.82) is 0 Å². The van der Waals surface area contributed by atoms with E-state index >= 15 is 0 Å². The number of carbonyl (C=O) groups is 1. The van der Waals surface area contributed by atoms with Gasteiger partial charge in [-0.3, -0.25) is 4.79 Å². The van der Waals surface area contributed by atoms with Gasteiger partial charge in [0.15, 0.2) is 0 Å². The molecule has 2 aliphatic rings. The number of hydrogen-bond donors (Lipinski definition) is 2. The van der Waals surface area contributed by atoms with Crippen LogP contribution in [0.2, 0.25) is 0 Å². The summed E-state index contributed by atoms with van der Waals surface area (Å²) >= 11 is 0. The Morgan fingerprint density at radius 1 is 1.31 bits per heavy atom. The predicted molar refractivity (Wildman–Crippen MR) is 60.4 cm³/mol. The van der Waals surface area contributed by atoms with Crippen molar-refractivity contribution in [3.05, 3.63) is 0 Å². The summed E-state index contributed by atoms with van der Waals surface area (Å²) < 4.78 is 5.26. The minimum atomic E-state index is -0.665. The van der Waals surface area contributed by atoms with Gasteiger partial charge < -0.3 is 15.2 Å². The van der Waals surface area contributed by atoms with Crippen LogP contribution in [-0.2, 0) is 9.53 Å². The molecule has 2 N–H and O–H groups in total. The Morgan fingerprint density at radius 2 is 1.94 bits per heavy atom. The normalized spacial score (nSPS) is 25.8. The fourth-order valence-electron chi connectivity index (χ4n) is 2.70. The molecule has 0 radical (unpaired) electrons. The minimum Gasteiger partial charge on any atom is -0.481 e. The molecule has 0 atom stereocenters. The highest BCUT2D eigenvalue weighted by Gasteiger charge is 2.40. The molecule has 1 saturated carbocycles. The van der Waals surface area contributed by atoms with Gasteiger partial charge in [0, 0.05) is 25.8 Å². The summed E-state index contributed by atoms with van der Waals surface area (Å²) in [4.78, 5) is 11.4. The van der Waals surface area contributed by atoms with Gasteiger partial charge in [0.2, 0.25) is 0 Å². The van der Waals surface area contributed by atoms with Crippen LogP contribution in [0.3, 0.4) is 0 Å². The topological polar surface area (TPSA) is 58.6 Å². The lowest BCUT2D eigenvalue weighted by Gasteiger charge is -2.34. The van der Waals surface area contributed by atoms with Crippen molar-refractivity contribution in [2.45, 2.75) is 44.6 Å². The summed E-state index contributed by atoms with van der Waals surface area (Å²) in [6.07, 6.45) is 6.24. The lowest BCUT2D eigenvalue weighted by atomic mass is 9.80. The number of ether oxygens (including phenoxy) is 1. The van der Waals surface area contributed by atoms with Gasteiger partial charge in [0.25, 0.3) is 0 Å². The van der Waals surface area contributed by atoms with E-state index in [1.807, 2.05) is 0 Å². The zero-order chi connectivity index (χ0) is 11.4. The van der Waals surface area contributed by atoms with Gasteiger partial charge in [0.05, 0.1) is 5.41 Å². The van der Waals surface area contributed by atoms with Gasteiger partial charge in [-0.1, -0.05) is 12.8 Å². The van der Waals surface area contributed by atoms with Crippen molar-refractivity contribution in [3.63, 3.8) is 0 Å². The third kappa shape index (κ3) is 2.55. The van der Waals surface area contributed by atoms with E-state index in [-0.39, 0.29) is 0 Å². The first-order valence-electron chi connectivity index (χ1n) is 6.27. The smallest absolute Gasteiger partial charge is 0.311 e. The first kappa shape index (κ1) is 11.9. The second-order valence-electron chi connectivity index (χ2n) is 5.06. The maximum atomic E-state index is 11.4. The van der Waals surface area contributed by atoms with Gasteiger partial charge >= 0.3 is 5.97 Å². The molecule has 1 aliphatic carbocycles. The van der Waals surface area contributed by atoms with Crippen LogP contribution in [0.25, 0.3) is 0 Å². The van der Waals surface area contributed by atoms with Gasteiger partial charge in [0.1, 0.15) is 0 Å². The molecule has 1 aliphatic heterocycles. The van der Waals surface area contributed by atoms with E-state index in [0.717, 1.165) is 0 Å². The molecule has 92 valence electrons. The molecule has 0 bridgehead atoms. The molecule has 2 fully saturated rings. The van der Waals surface area contributed by atoms with Crippen molar-refractivity contribution < 1.29 is 14.6 Å². The molecule has 16 heavy (non-hydrogen) atoms. The molecule has 0 aromatic carbocycles. The summed E-state index contributed by atoms with van der Waals surface area (Å²) in [5.41, 5.74) is -0.582. The lowest BCUT2D eigenvalue weighted by Crippen LogP contribution is -2.47. The highest BCUT2D eigenvalue weighted by molar-refractivity contribution is 5.75. The van der Waals surface area contributed by atoms with Crippen LogP contribution in [0.15, 0.2) is 0 Å². The quantitative estimate of drug-likeness (QED) is 0.762. The van der Waals surface area contributed by atoms with E-state index in [1.54, 1.807) is 0 Å². The number of rotatable bonds is 4. The van der Waals surface area contributed by atoms with E-state index in [9.17, 15) is 9.90 Å². The van der Waals surface area contributed by atoms with E-state index in [2.05, 4.69) is 5.32 Å². The van der Waals surface area contributed by atoms with Crippen molar-refractivity contribution >= 4 is 5.97 Å². The Morgan fingerprint density at radius 3 is 2.50 bits per heavy atom. The zero-order valence-electron chi connectivity index (χ0n) is 9.71. The molecule has 0 aromatic rings. The molecule has 2 rings (SSSR count). The minimum absolute atomic E-state index is 0.541. The Hall–Kier alpha value is -0.610. The average Bonchev–Trinajstić information content (AvgIpc) is 2.80. The highest BCUT2D eigenvalue weighted by Crippen LogP contribution is 2.31. The first-order valence-corrected chi connectivity index (χ1v) is 6.27. The van der Waals surface area contributed by atoms with Crippen LogP contribution in [-0.4, -0.2) is 36.9 Å². The Labute approximate surface area is 96.4 Å². The molecule has 0 spiro atoms. The Bertz CT molecular complexity index is 243. The van der Waals surface area contributed by atoms with Gasteiger partial charge in [-0.05, 0) is 25.7 Å². The van der Waals surface area contributed by atoms with Crippen LogP contribution < -0.4 is 5.32 Å². The number of aliphatic carboxylic acids is 1. The number of carboxylic acids is 1. The monoisotopic (exact) mass is 227 g/mol. The Balaban J connectivity index is 1.88. The van der Waals surface area contributed by atoms with Crippen molar-refractivity contribution in [2.75, 3.05) is 19.8 Å². The fraction of sp³-hybridized carbons (Fsp3) is 0.917. The van der Waals surface area contributed by atoms with Crippen LogP contribution in [0.4, 0.5) is 0 Å². The van der Waals surface area contributed by atoms with Crippen molar-refractivity contribution in [3.8, 4) is 0 Å². The largest absolute Gasteiger partial charge is 0.481 e. The first-order chi connectivity index (χ1) is 7.73. The predicted octanol–water partition coefficient (Wildman–Crippen LogP) is 1.40. The molecule has 0 unspecified atom stereocenters. The summed E-state index contributed by atoms with van der Waals surface area (Å²) in [5, 5.41) is 12.8. The second-order valence-corrected chi connectivity index (χ2v) is 5.06. The van der Waals surface area contributed by atoms with Crippen LogP contribution in [0.5, 0.6) is 0 Å². The Kier molecular flexibility index (Phi) is 3.82. The van der Waals surface area contributed by atoms with E-state index in [4.69, 9.17) is 4.74 Å². The van der Waals surface area contributed by atoms with Gasteiger partial charge in [-0.15, -0.1) is 0 Å². The van der Waals surface area contributed by atoms with Crippen LogP contribution in [0.1, 0.15) is 38.5 Å². The third-order valence-corrected chi connectivity index (χ3v) is 3.99.